The van der Waals surface area contributed by atoms with Gasteiger partial charge in [-0.2, -0.15) is 5.10 Å². The van der Waals surface area contributed by atoms with Gasteiger partial charge < -0.3 is 20.6 Å². The van der Waals surface area contributed by atoms with Gasteiger partial charge in [-0.05, 0) is 5.56 Å². The zero-order valence-corrected chi connectivity index (χ0v) is 20.0. The zero-order chi connectivity index (χ0) is 24.9. The summed E-state index contributed by atoms with van der Waals surface area (Å²) in [4.78, 5) is 39.5. The van der Waals surface area contributed by atoms with Crippen molar-refractivity contribution in [1.82, 2.24) is 24.0 Å². The van der Waals surface area contributed by atoms with Crippen LogP contribution in [0, 0.1) is 0 Å². The van der Waals surface area contributed by atoms with Crippen LogP contribution in [-0.4, -0.2) is 49.2 Å². The molecule has 0 aliphatic heterocycles. The Labute approximate surface area is 191 Å². The van der Waals surface area contributed by atoms with E-state index in [-0.39, 0.29) is 22.9 Å². The average Bonchev–Trinajstić information content (AvgIpc) is 3.09. The molecule has 2 aromatic heterocycles. The minimum Gasteiger partial charge on any atom is -0.503 e. The lowest BCUT2D eigenvalue weighted by Gasteiger charge is -2.16. The van der Waals surface area contributed by atoms with Gasteiger partial charge in [0.25, 0.3) is 17.0 Å². The Morgan fingerprint density at radius 1 is 1.00 bits per heavy atom. The predicted octanol–water partition coefficient (Wildman–Crippen LogP) is 1.61. The second kappa shape index (κ2) is 10.5. The normalized spacial score (nSPS) is 10.3. The number of anilines is 3. The zero-order valence-electron chi connectivity index (χ0n) is 20.0. The van der Waals surface area contributed by atoms with Crippen LogP contribution in [0.2, 0.25) is 0 Å². The van der Waals surface area contributed by atoms with Gasteiger partial charge >= 0.3 is 0 Å². The van der Waals surface area contributed by atoms with Crippen molar-refractivity contribution in [3.8, 4) is 5.75 Å². The summed E-state index contributed by atoms with van der Waals surface area (Å²) >= 11 is 0. The number of amides is 1. The van der Waals surface area contributed by atoms with Crippen LogP contribution in [0.25, 0.3) is 0 Å². The van der Waals surface area contributed by atoms with E-state index in [2.05, 4.69) is 15.7 Å². The summed E-state index contributed by atoms with van der Waals surface area (Å²) in [6, 6.07) is 9.38. The van der Waals surface area contributed by atoms with Gasteiger partial charge in [-0.1, -0.05) is 44.2 Å². The lowest BCUT2D eigenvalue weighted by Crippen LogP contribution is -2.38. The van der Waals surface area contributed by atoms with Gasteiger partial charge in [0.05, 0.1) is 0 Å². The van der Waals surface area contributed by atoms with E-state index < -0.39 is 22.8 Å². The molecule has 0 aliphatic carbocycles. The van der Waals surface area contributed by atoms with E-state index in [1.807, 2.05) is 44.2 Å². The van der Waals surface area contributed by atoms with E-state index in [1.165, 1.54) is 35.4 Å². The number of benzene rings is 1. The first-order valence-electron chi connectivity index (χ1n) is 10.5. The summed E-state index contributed by atoms with van der Waals surface area (Å²) in [5.41, 5.74) is -0.148. The molecule has 11 heteroatoms. The van der Waals surface area contributed by atoms with E-state index >= 15 is 0 Å². The standard InChI is InChI=1S/C20H25N7O4.C2H6/c1-24(2)20(31)15-16(28)17(23-25(15)3)22-14-13(18(29)26(4)27(5)19(14)30)21-11-12-9-7-6-8-10-12;1-2/h6-10,21,28H,11H2,1-5H3,(H,22,23);1-2H3. The minimum absolute atomic E-state index is 0.0278. The molecule has 11 nitrogen and oxygen atoms in total. The SMILES string of the molecule is CC.CN(C)C(=O)c1c(O)c(Nc2c(NCc3ccccc3)c(=O)n(C)n(C)c2=O)nn1C. The number of aryl methyl sites for hydroxylation is 1. The maximum Gasteiger partial charge on any atom is 0.291 e. The number of aromatic nitrogens is 4. The topological polar surface area (TPSA) is 126 Å². The van der Waals surface area contributed by atoms with Gasteiger partial charge in [0.1, 0.15) is 11.4 Å². The monoisotopic (exact) mass is 457 g/mol. The molecule has 3 N–H and O–H groups in total. The van der Waals surface area contributed by atoms with E-state index in [9.17, 15) is 19.5 Å². The van der Waals surface area contributed by atoms with Gasteiger partial charge in [-0.3, -0.25) is 19.1 Å². The van der Waals surface area contributed by atoms with Crippen molar-refractivity contribution >= 4 is 23.1 Å². The molecule has 0 radical (unpaired) electrons. The highest BCUT2D eigenvalue weighted by atomic mass is 16.3. The number of nitrogens with zero attached hydrogens (tertiary/aromatic N) is 5. The number of nitrogens with one attached hydrogen (secondary N) is 2. The molecule has 0 spiro atoms. The number of aromatic hydroxyl groups is 1. The van der Waals surface area contributed by atoms with Crippen LogP contribution < -0.4 is 21.8 Å². The smallest absolute Gasteiger partial charge is 0.291 e. The summed E-state index contributed by atoms with van der Waals surface area (Å²) in [7, 11) is 7.52. The summed E-state index contributed by atoms with van der Waals surface area (Å²) in [5.74, 6) is -0.987. The van der Waals surface area contributed by atoms with Gasteiger partial charge in [-0.15, -0.1) is 0 Å². The number of hydrogen-bond donors (Lipinski definition) is 3. The third kappa shape index (κ3) is 5.08. The molecule has 3 rings (SSSR count). The quantitative estimate of drug-likeness (QED) is 0.513. The Hall–Kier alpha value is -4.02. The first kappa shape index (κ1) is 25.2. The van der Waals surface area contributed by atoms with Crippen molar-refractivity contribution in [3.63, 3.8) is 0 Å². The first-order valence-corrected chi connectivity index (χ1v) is 10.5. The Morgan fingerprint density at radius 3 is 2.09 bits per heavy atom. The van der Waals surface area contributed by atoms with Gasteiger partial charge in [0, 0.05) is 41.8 Å². The summed E-state index contributed by atoms with van der Waals surface area (Å²) in [5, 5.41) is 20.4. The number of hydrogen-bond acceptors (Lipinski definition) is 7. The minimum atomic E-state index is -0.511. The van der Waals surface area contributed by atoms with Crippen molar-refractivity contribution < 1.29 is 9.90 Å². The maximum absolute atomic E-state index is 12.9. The van der Waals surface area contributed by atoms with Crippen LogP contribution >= 0.6 is 0 Å². The van der Waals surface area contributed by atoms with Crippen LogP contribution in [0.5, 0.6) is 5.75 Å². The lowest BCUT2D eigenvalue weighted by atomic mass is 10.2. The highest BCUT2D eigenvalue weighted by Crippen LogP contribution is 2.30. The third-order valence-electron chi connectivity index (χ3n) is 4.90. The molecule has 0 unspecified atom stereocenters. The number of carbonyl (C=O) groups excluding carboxylic acids is 1. The number of carbonyl (C=O) groups is 1. The summed E-state index contributed by atoms with van der Waals surface area (Å²) in [6.07, 6.45) is 0. The van der Waals surface area contributed by atoms with Crippen LogP contribution in [0.15, 0.2) is 39.9 Å². The predicted molar refractivity (Wildman–Crippen MR) is 128 cm³/mol. The molecule has 1 aromatic carbocycles. The number of rotatable bonds is 6. The molecular weight excluding hydrogens is 426 g/mol. The second-order valence-electron chi connectivity index (χ2n) is 7.24. The fraction of sp³-hybridized carbons (Fsp3) is 0.364. The molecule has 0 aliphatic rings. The Bertz CT molecular complexity index is 1240. The molecule has 3 aromatic rings. The molecule has 0 fully saturated rings. The van der Waals surface area contributed by atoms with Crippen molar-refractivity contribution in [2.45, 2.75) is 20.4 Å². The van der Waals surface area contributed by atoms with Crippen molar-refractivity contribution in [2.24, 2.45) is 21.1 Å². The summed E-state index contributed by atoms with van der Waals surface area (Å²) in [6.45, 7) is 4.30. The molecule has 33 heavy (non-hydrogen) atoms. The van der Waals surface area contributed by atoms with E-state index in [0.717, 1.165) is 10.2 Å². The molecule has 1 amide bonds. The fourth-order valence-corrected chi connectivity index (χ4v) is 3.04. The van der Waals surface area contributed by atoms with Gasteiger partial charge in [-0.25, -0.2) is 9.36 Å². The lowest BCUT2D eigenvalue weighted by molar-refractivity contribution is 0.0814. The van der Waals surface area contributed by atoms with Gasteiger partial charge in [0.15, 0.2) is 17.3 Å². The molecule has 0 bridgehead atoms. The van der Waals surface area contributed by atoms with Crippen molar-refractivity contribution in [2.75, 3.05) is 24.7 Å². The third-order valence-corrected chi connectivity index (χ3v) is 4.90. The second-order valence-corrected chi connectivity index (χ2v) is 7.24. The molecule has 0 saturated carbocycles. The highest BCUT2D eigenvalue weighted by molar-refractivity contribution is 5.97. The Balaban J connectivity index is 0.00000187. The van der Waals surface area contributed by atoms with Crippen molar-refractivity contribution in [3.05, 3.63) is 62.3 Å². The van der Waals surface area contributed by atoms with Crippen LogP contribution in [0.4, 0.5) is 17.2 Å². The summed E-state index contributed by atoms with van der Waals surface area (Å²) < 4.78 is 3.53. The molecule has 2 heterocycles. The Morgan fingerprint density at radius 2 is 1.55 bits per heavy atom. The molecular formula is C22H31N7O4. The molecule has 178 valence electrons. The first-order chi connectivity index (χ1) is 15.6. The fourth-order valence-electron chi connectivity index (χ4n) is 3.04. The largest absolute Gasteiger partial charge is 0.503 e. The van der Waals surface area contributed by atoms with E-state index in [4.69, 9.17) is 0 Å². The maximum atomic E-state index is 12.9. The van der Waals surface area contributed by atoms with Crippen LogP contribution in [0.3, 0.4) is 0 Å². The van der Waals surface area contributed by atoms with Crippen molar-refractivity contribution in [1.29, 1.82) is 0 Å². The van der Waals surface area contributed by atoms with E-state index in [1.54, 1.807) is 14.1 Å². The molecule has 0 atom stereocenters. The van der Waals surface area contributed by atoms with Gasteiger partial charge in [0.2, 0.25) is 0 Å². The van der Waals surface area contributed by atoms with Crippen LogP contribution in [-0.2, 0) is 27.7 Å². The van der Waals surface area contributed by atoms with Crippen LogP contribution in [0.1, 0.15) is 29.9 Å². The Kier molecular flexibility index (Phi) is 8.05. The molecule has 0 saturated heterocycles. The average molecular weight is 458 g/mol. The highest BCUT2D eigenvalue weighted by Gasteiger charge is 2.25. The van der Waals surface area contributed by atoms with E-state index in [0.29, 0.717) is 6.54 Å².